The SMILES string of the molecule is [C-]#[N+]/C(c1nc2cc(Cl)ccc2o1)=c1\c2c(-c3cccc(OCC(C)C)c3)n(B3Oc4ccccc4O3)/c(=C(/C#N)c3nc4ccccc4s3)c2c(-c2cccc(OCC(C)C)c2)n1B1Oc2ccccc2O1. The number of oxazole rings is 1. The molecule has 4 aromatic heterocycles. The first-order valence-corrected chi connectivity index (χ1v) is 24.9. The van der Waals surface area contributed by atoms with Gasteiger partial charge in [0.1, 0.15) is 56.7 Å². The number of nitriles is 1. The molecule has 0 saturated carbocycles. The number of fused-ring (bicyclic) bond motifs is 5. The van der Waals surface area contributed by atoms with E-state index in [1.54, 1.807) is 18.2 Å². The van der Waals surface area contributed by atoms with Crippen molar-refractivity contribution >= 4 is 80.8 Å². The number of halogens is 1. The molecule has 12 rings (SSSR count). The molecule has 2 aliphatic heterocycles. The Hall–Kier alpha value is -8.56. The van der Waals surface area contributed by atoms with E-state index < -0.39 is 14.5 Å². The van der Waals surface area contributed by atoms with E-state index in [0.29, 0.717) is 113 Å². The third-order valence-corrected chi connectivity index (χ3v) is 13.6. The van der Waals surface area contributed by atoms with Crippen LogP contribution in [-0.2, 0) is 0 Å². The van der Waals surface area contributed by atoms with Gasteiger partial charge in [-0.25, -0.2) is 14.8 Å². The van der Waals surface area contributed by atoms with E-state index in [1.807, 2.05) is 130 Å². The molecule has 0 unspecified atom stereocenters. The van der Waals surface area contributed by atoms with Crippen molar-refractivity contribution in [1.82, 2.24) is 18.9 Å². The largest absolute Gasteiger partial charge is 0.743 e. The van der Waals surface area contributed by atoms with E-state index in [2.05, 4.69) is 38.6 Å². The molecular weight excluding hydrogens is 958 g/mol. The molecule has 6 aromatic carbocycles. The Labute approximate surface area is 428 Å². The summed E-state index contributed by atoms with van der Waals surface area (Å²) in [5.74, 6) is 3.64. The van der Waals surface area contributed by atoms with Gasteiger partial charge in [-0.05, 0) is 90.7 Å². The summed E-state index contributed by atoms with van der Waals surface area (Å²) in [5, 5.41) is 14.5. The zero-order valence-electron chi connectivity index (χ0n) is 39.8. The Morgan fingerprint density at radius 3 is 1.74 bits per heavy atom. The Balaban J connectivity index is 1.34. The van der Waals surface area contributed by atoms with Crippen molar-refractivity contribution in [1.29, 1.82) is 5.26 Å². The van der Waals surface area contributed by atoms with Gasteiger partial charge in [0.2, 0.25) is 5.89 Å². The molecule has 0 saturated heterocycles. The molecule has 2 aliphatic rings. The van der Waals surface area contributed by atoms with Crippen molar-refractivity contribution in [3.8, 4) is 63.1 Å². The number of para-hydroxylation sites is 5. The van der Waals surface area contributed by atoms with Gasteiger partial charge in [0.15, 0.2) is 5.58 Å². The summed E-state index contributed by atoms with van der Waals surface area (Å²) in [6.45, 7) is 18.5. The fourth-order valence-electron chi connectivity index (χ4n) is 9.23. The highest BCUT2D eigenvalue weighted by molar-refractivity contribution is 7.19. The van der Waals surface area contributed by atoms with Crippen LogP contribution in [0, 0.1) is 29.7 Å². The molecule has 73 heavy (non-hydrogen) atoms. The van der Waals surface area contributed by atoms with Crippen LogP contribution >= 0.6 is 22.9 Å². The van der Waals surface area contributed by atoms with Gasteiger partial charge in [-0.1, -0.05) is 100.0 Å². The van der Waals surface area contributed by atoms with Gasteiger partial charge < -0.3 is 41.5 Å². The molecule has 6 heterocycles. The topological polar surface area (TPSA) is 132 Å². The average molecular weight is 999 g/mol. The summed E-state index contributed by atoms with van der Waals surface area (Å²) in [6.07, 6.45) is 0. The number of thiazole rings is 1. The fraction of sp³-hybridized carbons (Fsp3) is 0.143. The van der Waals surface area contributed by atoms with Crippen LogP contribution in [-0.4, -0.2) is 46.6 Å². The molecule has 356 valence electrons. The van der Waals surface area contributed by atoms with Crippen LogP contribution in [0.25, 0.3) is 70.7 Å². The van der Waals surface area contributed by atoms with Crippen LogP contribution in [0.1, 0.15) is 38.6 Å². The van der Waals surface area contributed by atoms with Crippen molar-refractivity contribution in [3.63, 3.8) is 0 Å². The van der Waals surface area contributed by atoms with Crippen LogP contribution < -0.4 is 38.8 Å². The minimum absolute atomic E-state index is 0.00569. The summed E-state index contributed by atoms with van der Waals surface area (Å²) < 4.78 is 51.3. The summed E-state index contributed by atoms with van der Waals surface area (Å²) in [4.78, 5) is 14.4. The summed E-state index contributed by atoms with van der Waals surface area (Å²) in [5.41, 5.74) is 4.10. The Morgan fingerprint density at radius 2 is 1.21 bits per heavy atom. The summed E-state index contributed by atoms with van der Waals surface area (Å²) in [7, 11) is -2.43. The molecule has 0 amide bonds. The van der Waals surface area contributed by atoms with Gasteiger partial charge in [0, 0.05) is 26.9 Å². The van der Waals surface area contributed by atoms with Crippen molar-refractivity contribution in [2.45, 2.75) is 27.7 Å². The van der Waals surface area contributed by atoms with Gasteiger partial charge in [-0.2, -0.15) is 5.26 Å². The predicted octanol–water partition coefficient (Wildman–Crippen LogP) is 11.7. The van der Waals surface area contributed by atoms with Gasteiger partial charge in [-0.3, -0.25) is 0 Å². The second kappa shape index (κ2) is 18.6. The first-order chi connectivity index (χ1) is 35.6. The minimum atomic E-state index is -1.23. The second-order valence-electron chi connectivity index (χ2n) is 18.4. The number of aromatic nitrogens is 4. The van der Waals surface area contributed by atoms with Gasteiger partial charge >= 0.3 is 14.5 Å². The first-order valence-electron chi connectivity index (χ1n) is 23.7. The Kier molecular flexibility index (Phi) is 11.6. The molecular formula is C56H41B2ClN6O7S. The van der Waals surface area contributed by atoms with E-state index >= 15 is 0 Å². The summed E-state index contributed by atoms with van der Waals surface area (Å²) >= 11 is 7.92. The molecule has 0 aliphatic carbocycles. The van der Waals surface area contributed by atoms with Crippen LogP contribution in [0.2, 0.25) is 5.02 Å². The van der Waals surface area contributed by atoms with E-state index in [4.69, 9.17) is 54.1 Å². The molecule has 0 radical (unpaired) electrons. The number of ether oxygens (including phenoxy) is 2. The van der Waals surface area contributed by atoms with Crippen molar-refractivity contribution in [2.75, 3.05) is 13.2 Å². The van der Waals surface area contributed by atoms with E-state index in [0.717, 1.165) is 10.2 Å². The molecule has 0 bridgehead atoms. The number of benzene rings is 6. The third-order valence-electron chi connectivity index (χ3n) is 12.3. The lowest BCUT2D eigenvalue weighted by atomic mass is 10.0. The number of nitrogens with zero attached hydrogens (tertiary/aromatic N) is 6. The number of hydrogen-bond acceptors (Lipinski definition) is 11. The number of hydrogen-bond donors (Lipinski definition) is 0. The zero-order valence-corrected chi connectivity index (χ0v) is 41.4. The fourth-order valence-corrected chi connectivity index (χ4v) is 10.4. The van der Waals surface area contributed by atoms with E-state index in [9.17, 15) is 11.8 Å². The lowest BCUT2D eigenvalue weighted by molar-refractivity contribution is 0.271. The predicted molar refractivity (Wildman–Crippen MR) is 284 cm³/mol. The molecule has 0 atom stereocenters. The highest BCUT2D eigenvalue weighted by atomic mass is 35.5. The highest BCUT2D eigenvalue weighted by Gasteiger charge is 2.45. The van der Waals surface area contributed by atoms with Gasteiger partial charge in [-0.15, -0.1) is 11.3 Å². The van der Waals surface area contributed by atoms with E-state index in [1.165, 1.54) is 11.3 Å². The highest BCUT2D eigenvalue weighted by Crippen LogP contribution is 2.43. The van der Waals surface area contributed by atoms with Crippen molar-refractivity contribution in [3.05, 3.63) is 178 Å². The minimum Gasteiger partial charge on any atom is -0.503 e. The standard InChI is InChI=1S/C56H41B2ClN6O7S/c1-32(2)30-66-37-16-12-14-34(26-37)51-48-49(54(65(51)58-71-45-21-9-10-22-46(45)72-58)50(61-5)55-62-41-28-36(59)24-25-42(41)68-55)52(35-15-13-17-38(27-35)67-31-33(3)4)64(57-69-43-19-7-8-20-44(43)70-57)53(48)39(29-60)56-63-40-18-6-11-23-47(40)73-56/h6-28,32-33H,30-31H2,1-4H3/b53-39-,54-50+. The molecule has 0 fully saturated rings. The zero-order chi connectivity index (χ0) is 49.9. The molecule has 10 aromatic rings. The lowest BCUT2D eigenvalue weighted by Gasteiger charge is -2.17. The maximum atomic E-state index is 11.9. The molecule has 17 heteroatoms. The van der Waals surface area contributed by atoms with Crippen LogP contribution in [0.15, 0.2) is 144 Å². The maximum absolute atomic E-state index is 11.9. The Bertz CT molecular complexity index is 3920. The normalized spacial score (nSPS) is 13.6. The molecule has 13 nitrogen and oxygen atoms in total. The van der Waals surface area contributed by atoms with Crippen LogP contribution in [0.5, 0.6) is 34.5 Å². The number of rotatable bonds is 12. The monoisotopic (exact) mass is 998 g/mol. The quantitative estimate of drug-likeness (QED) is 0.0860. The molecule has 0 N–H and O–H groups in total. The Morgan fingerprint density at radius 1 is 0.671 bits per heavy atom. The van der Waals surface area contributed by atoms with Crippen LogP contribution in [0.4, 0.5) is 0 Å². The van der Waals surface area contributed by atoms with Gasteiger partial charge in [0.05, 0.1) is 52.1 Å². The van der Waals surface area contributed by atoms with Crippen LogP contribution in [0.3, 0.4) is 0 Å². The third kappa shape index (κ3) is 8.15. The van der Waals surface area contributed by atoms with Gasteiger partial charge in [0.25, 0.3) is 5.70 Å². The average Bonchev–Trinajstić information content (AvgIpc) is 4.28. The summed E-state index contributed by atoms with van der Waals surface area (Å²) in [6, 6.07) is 45.8. The lowest BCUT2D eigenvalue weighted by Crippen LogP contribution is -2.44. The molecule has 0 spiro atoms. The smallest absolute Gasteiger partial charge is 0.503 e. The van der Waals surface area contributed by atoms with Crippen molar-refractivity contribution < 1.29 is 32.5 Å². The maximum Gasteiger partial charge on any atom is 0.743 e. The second-order valence-corrected chi connectivity index (χ2v) is 19.9. The van der Waals surface area contributed by atoms with E-state index in [-0.39, 0.29) is 29.0 Å². The first kappa shape index (κ1) is 45.6. The van der Waals surface area contributed by atoms with Crippen molar-refractivity contribution in [2.24, 2.45) is 11.8 Å².